The number of benzene rings is 2. The second kappa shape index (κ2) is 7.10. The van der Waals surface area contributed by atoms with Gasteiger partial charge in [-0.2, -0.15) is 0 Å². The van der Waals surface area contributed by atoms with E-state index in [1.807, 2.05) is 59.2 Å². The predicted molar refractivity (Wildman–Crippen MR) is 98.1 cm³/mol. The number of hydrogen-bond acceptors (Lipinski definition) is 3. The van der Waals surface area contributed by atoms with Crippen LogP contribution in [0.4, 0.5) is 0 Å². The van der Waals surface area contributed by atoms with E-state index in [9.17, 15) is 4.79 Å². The smallest absolute Gasteiger partial charge is 0.258 e. The lowest BCUT2D eigenvalue weighted by molar-refractivity contribution is -0.122. The van der Waals surface area contributed by atoms with Crippen LogP contribution in [0, 0.1) is 0 Å². The van der Waals surface area contributed by atoms with Crippen molar-refractivity contribution in [3.63, 3.8) is 0 Å². The number of rotatable bonds is 3. The van der Waals surface area contributed by atoms with E-state index in [0.717, 1.165) is 22.4 Å². The van der Waals surface area contributed by atoms with Crippen LogP contribution in [0.15, 0.2) is 54.6 Å². The summed E-state index contributed by atoms with van der Waals surface area (Å²) in [6.07, 6.45) is 0. The van der Waals surface area contributed by atoms with E-state index in [-0.39, 0.29) is 12.5 Å². The van der Waals surface area contributed by atoms with Gasteiger partial charge >= 0.3 is 0 Å². The minimum Gasteiger partial charge on any atom is -0.364 e. The molecular formula is C17H17N5OS. The molecule has 0 spiro atoms. The highest BCUT2D eigenvalue weighted by molar-refractivity contribution is 7.80. The highest BCUT2D eigenvalue weighted by Crippen LogP contribution is 2.24. The number of hydrazine groups is 1. The summed E-state index contributed by atoms with van der Waals surface area (Å²) < 4.78 is 1.89. The molecule has 3 rings (SSSR count). The first kappa shape index (κ1) is 15.9. The fourth-order valence-corrected chi connectivity index (χ4v) is 2.47. The third-order valence-corrected chi connectivity index (χ3v) is 3.84. The van der Waals surface area contributed by atoms with Crippen LogP contribution in [0.5, 0.6) is 0 Å². The molecule has 7 heteroatoms. The van der Waals surface area contributed by atoms with E-state index in [2.05, 4.69) is 21.2 Å². The molecule has 0 bridgehead atoms. The van der Waals surface area contributed by atoms with Gasteiger partial charge in [0, 0.05) is 12.6 Å². The maximum atomic E-state index is 12.2. The van der Waals surface area contributed by atoms with E-state index in [0.29, 0.717) is 5.11 Å². The molecule has 1 heterocycles. The van der Waals surface area contributed by atoms with Gasteiger partial charge in [-0.05, 0) is 24.4 Å². The van der Waals surface area contributed by atoms with Crippen LogP contribution in [-0.2, 0) is 11.3 Å². The molecular weight excluding hydrogens is 322 g/mol. The standard InChI is InChI=1S/C17H17N5OS/c1-18-17(24)21-20-15(23)11-22-14-10-6-5-9-13(14)19-16(22)12-7-3-2-4-8-12/h2-10H,11H2,1H3,(H,20,23)(H2,18,21,24). The van der Waals surface area contributed by atoms with Gasteiger partial charge in [-0.3, -0.25) is 15.6 Å². The van der Waals surface area contributed by atoms with E-state index in [1.54, 1.807) is 7.05 Å². The van der Waals surface area contributed by atoms with Crippen LogP contribution >= 0.6 is 12.2 Å². The topological polar surface area (TPSA) is 71.0 Å². The van der Waals surface area contributed by atoms with Crippen molar-refractivity contribution in [2.75, 3.05) is 7.05 Å². The van der Waals surface area contributed by atoms with Crippen molar-refractivity contribution in [1.82, 2.24) is 25.7 Å². The Morgan fingerprint density at radius 2 is 1.79 bits per heavy atom. The van der Waals surface area contributed by atoms with Gasteiger partial charge in [0.2, 0.25) is 0 Å². The molecule has 0 saturated carbocycles. The SMILES string of the molecule is CNC(=S)NNC(=O)Cn1c(-c2ccccc2)nc2ccccc21. The lowest BCUT2D eigenvalue weighted by Gasteiger charge is -2.11. The maximum Gasteiger partial charge on any atom is 0.258 e. The first-order valence-electron chi connectivity index (χ1n) is 7.46. The van der Waals surface area contributed by atoms with Crippen LogP contribution in [-0.4, -0.2) is 27.6 Å². The van der Waals surface area contributed by atoms with Crippen LogP contribution in [0.25, 0.3) is 22.4 Å². The molecule has 3 N–H and O–H groups in total. The van der Waals surface area contributed by atoms with Gasteiger partial charge < -0.3 is 9.88 Å². The number of thiocarbonyl (C=S) groups is 1. The minimum absolute atomic E-state index is 0.129. The molecule has 0 aliphatic carbocycles. The summed E-state index contributed by atoms with van der Waals surface area (Å²) in [7, 11) is 1.68. The van der Waals surface area contributed by atoms with Gasteiger partial charge in [0.05, 0.1) is 11.0 Å². The molecule has 0 radical (unpaired) electrons. The summed E-state index contributed by atoms with van der Waals surface area (Å²) in [5.74, 6) is 0.538. The lowest BCUT2D eigenvalue weighted by Crippen LogP contribution is -2.46. The summed E-state index contributed by atoms with van der Waals surface area (Å²) in [4.78, 5) is 16.9. The number of para-hydroxylation sites is 2. The molecule has 1 amide bonds. The average molecular weight is 339 g/mol. The normalized spacial score (nSPS) is 10.4. The van der Waals surface area contributed by atoms with Gasteiger partial charge in [-0.15, -0.1) is 0 Å². The Hall–Kier alpha value is -2.93. The zero-order valence-electron chi connectivity index (χ0n) is 13.1. The molecule has 2 aromatic carbocycles. The molecule has 0 aliphatic heterocycles. The van der Waals surface area contributed by atoms with Gasteiger partial charge in [0.1, 0.15) is 12.4 Å². The van der Waals surface area contributed by atoms with Gasteiger partial charge in [0.25, 0.3) is 5.91 Å². The first-order chi connectivity index (χ1) is 11.7. The summed E-state index contributed by atoms with van der Waals surface area (Å²) in [6.45, 7) is 0.129. The second-order valence-corrected chi connectivity index (χ2v) is 5.54. The summed E-state index contributed by atoms with van der Waals surface area (Å²) in [5.41, 5.74) is 7.93. The van der Waals surface area contributed by atoms with Crippen molar-refractivity contribution in [1.29, 1.82) is 0 Å². The predicted octanol–water partition coefficient (Wildman–Crippen LogP) is 1.83. The Bertz CT molecular complexity index is 875. The lowest BCUT2D eigenvalue weighted by atomic mass is 10.2. The molecule has 24 heavy (non-hydrogen) atoms. The van der Waals surface area contributed by atoms with Crippen molar-refractivity contribution in [3.8, 4) is 11.4 Å². The number of imidazole rings is 1. The van der Waals surface area contributed by atoms with Crippen molar-refractivity contribution >= 4 is 34.3 Å². The fourth-order valence-electron chi connectivity index (χ4n) is 2.42. The maximum absolute atomic E-state index is 12.2. The van der Waals surface area contributed by atoms with Crippen molar-refractivity contribution in [2.24, 2.45) is 0 Å². The molecule has 0 aliphatic rings. The van der Waals surface area contributed by atoms with Crippen molar-refractivity contribution in [2.45, 2.75) is 6.54 Å². The average Bonchev–Trinajstić information content (AvgIpc) is 2.99. The number of aromatic nitrogens is 2. The number of carbonyl (C=O) groups excluding carboxylic acids is 1. The third-order valence-electron chi connectivity index (χ3n) is 3.53. The fraction of sp³-hybridized carbons (Fsp3) is 0.118. The number of nitrogens with zero attached hydrogens (tertiary/aromatic N) is 2. The molecule has 122 valence electrons. The third kappa shape index (κ3) is 3.36. The highest BCUT2D eigenvalue weighted by Gasteiger charge is 2.14. The Morgan fingerprint density at radius 3 is 2.54 bits per heavy atom. The molecule has 0 saturated heterocycles. The Morgan fingerprint density at radius 1 is 1.08 bits per heavy atom. The van der Waals surface area contributed by atoms with E-state index >= 15 is 0 Å². The molecule has 0 fully saturated rings. The van der Waals surface area contributed by atoms with Crippen molar-refractivity contribution in [3.05, 3.63) is 54.6 Å². The number of nitrogens with one attached hydrogen (secondary N) is 3. The van der Waals surface area contributed by atoms with E-state index in [4.69, 9.17) is 12.2 Å². The molecule has 3 aromatic rings. The van der Waals surface area contributed by atoms with Gasteiger partial charge in [-0.1, -0.05) is 42.5 Å². The molecule has 0 unspecified atom stereocenters. The van der Waals surface area contributed by atoms with Crippen LogP contribution in [0.3, 0.4) is 0 Å². The monoisotopic (exact) mass is 339 g/mol. The quantitative estimate of drug-likeness (QED) is 0.502. The number of fused-ring (bicyclic) bond motifs is 1. The number of amides is 1. The van der Waals surface area contributed by atoms with Gasteiger partial charge in [0.15, 0.2) is 5.11 Å². The van der Waals surface area contributed by atoms with Crippen LogP contribution in [0.2, 0.25) is 0 Å². The Balaban J connectivity index is 1.93. The number of carbonyl (C=O) groups is 1. The Kier molecular flexibility index (Phi) is 4.72. The highest BCUT2D eigenvalue weighted by atomic mass is 32.1. The second-order valence-electron chi connectivity index (χ2n) is 5.13. The van der Waals surface area contributed by atoms with Crippen LogP contribution in [0.1, 0.15) is 0 Å². The number of hydrogen-bond donors (Lipinski definition) is 3. The zero-order chi connectivity index (χ0) is 16.9. The summed E-state index contributed by atoms with van der Waals surface area (Å²) in [6, 6.07) is 17.6. The first-order valence-corrected chi connectivity index (χ1v) is 7.87. The van der Waals surface area contributed by atoms with Crippen LogP contribution < -0.4 is 16.2 Å². The van der Waals surface area contributed by atoms with E-state index in [1.165, 1.54) is 0 Å². The van der Waals surface area contributed by atoms with E-state index < -0.39 is 0 Å². The van der Waals surface area contributed by atoms with Gasteiger partial charge in [-0.25, -0.2) is 4.98 Å². The summed E-state index contributed by atoms with van der Waals surface area (Å²) >= 11 is 4.94. The minimum atomic E-state index is -0.215. The summed E-state index contributed by atoms with van der Waals surface area (Å²) in [5, 5.41) is 3.08. The Labute approximate surface area is 144 Å². The molecule has 6 nitrogen and oxygen atoms in total. The zero-order valence-corrected chi connectivity index (χ0v) is 13.9. The largest absolute Gasteiger partial charge is 0.364 e. The molecule has 0 atom stereocenters. The molecule has 1 aromatic heterocycles. The van der Waals surface area contributed by atoms with Crippen molar-refractivity contribution < 1.29 is 4.79 Å².